The van der Waals surface area contributed by atoms with Crippen molar-refractivity contribution in [2.24, 2.45) is 0 Å². The summed E-state index contributed by atoms with van der Waals surface area (Å²) in [7, 11) is 1.90. The van der Waals surface area contributed by atoms with Crippen LogP contribution in [0, 0.1) is 19.7 Å². The van der Waals surface area contributed by atoms with E-state index in [4.69, 9.17) is 0 Å². The highest BCUT2D eigenvalue weighted by molar-refractivity contribution is 9.10. The number of rotatable bonds is 3. The third-order valence-corrected chi connectivity index (χ3v) is 4.77. The minimum atomic E-state index is -0.223. The maximum atomic E-state index is 13.6. The summed E-state index contributed by atoms with van der Waals surface area (Å²) in [6.45, 7) is 4.19. The van der Waals surface area contributed by atoms with Gasteiger partial charge in [0.25, 0.3) is 0 Å². The largest absolute Gasteiger partial charge is 0.309 e. The molecule has 0 aliphatic heterocycles. The molecule has 0 fully saturated rings. The Hall–Kier alpha value is -0.710. The van der Waals surface area contributed by atoms with E-state index in [9.17, 15) is 4.39 Å². The van der Waals surface area contributed by atoms with Gasteiger partial charge in [-0.3, -0.25) is 0 Å². The predicted molar refractivity (Wildman–Crippen MR) is 78.8 cm³/mol. The summed E-state index contributed by atoms with van der Waals surface area (Å²) < 4.78 is 14.1. The molecule has 0 bridgehead atoms. The first-order chi connectivity index (χ1) is 8.52. The fourth-order valence-electron chi connectivity index (χ4n) is 2.09. The lowest BCUT2D eigenvalue weighted by Crippen LogP contribution is -2.17. The number of halogens is 2. The zero-order chi connectivity index (χ0) is 13.3. The van der Waals surface area contributed by atoms with Crippen LogP contribution in [-0.4, -0.2) is 7.05 Å². The Balaban J connectivity index is 2.45. The maximum absolute atomic E-state index is 13.6. The van der Waals surface area contributed by atoms with E-state index >= 15 is 0 Å². The molecule has 2 aromatic rings. The monoisotopic (exact) mass is 327 g/mol. The van der Waals surface area contributed by atoms with Crippen molar-refractivity contribution in [3.63, 3.8) is 0 Å². The minimum Gasteiger partial charge on any atom is -0.309 e. The second-order valence-electron chi connectivity index (χ2n) is 4.30. The smallest absolute Gasteiger partial charge is 0.137 e. The molecule has 0 radical (unpaired) electrons. The Labute approximate surface area is 119 Å². The van der Waals surface area contributed by atoms with Crippen molar-refractivity contribution in [1.82, 2.24) is 5.32 Å². The van der Waals surface area contributed by atoms with Gasteiger partial charge in [0.05, 0.1) is 10.5 Å². The summed E-state index contributed by atoms with van der Waals surface area (Å²) in [5.74, 6) is -0.223. The molecule has 1 N–H and O–H groups in total. The van der Waals surface area contributed by atoms with Crippen molar-refractivity contribution in [1.29, 1.82) is 0 Å². The molecule has 4 heteroatoms. The van der Waals surface area contributed by atoms with Gasteiger partial charge in [0, 0.05) is 9.75 Å². The first-order valence-corrected chi connectivity index (χ1v) is 7.33. The third-order valence-electron chi connectivity index (χ3n) is 2.91. The summed E-state index contributed by atoms with van der Waals surface area (Å²) in [5, 5.41) is 3.26. The van der Waals surface area contributed by atoms with Crippen LogP contribution >= 0.6 is 27.3 Å². The van der Waals surface area contributed by atoms with Crippen LogP contribution in [0.25, 0.3) is 0 Å². The molecular formula is C14H15BrFNS. The van der Waals surface area contributed by atoms with Gasteiger partial charge in [0.15, 0.2) is 0 Å². The maximum Gasteiger partial charge on any atom is 0.137 e. The molecular weight excluding hydrogens is 313 g/mol. The van der Waals surface area contributed by atoms with Crippen LogP contribution in [0.3, 0.4) is 0 Å². The van der Waals surface area contributed by atoms with Crippen molar-refractivity contribution in [2.75, 3.05) is 7.05 Å². The number of benzene rings is 1. The Kier molecular flexibility index (Phi) is 4.20. The average molecular weight is 328 g/mol. The zero-order valence-electron chi connectivity index (χ0n) is 10.6. The summed E-state index contributed by atoms with van der Waals surface area (Å²) in [5.41, 5.74) is 2.20. The van der Waals surface area contributed by atoms with Gasteiger partial charge in [-0.25, -0.2) is 4.39 Å². The fraction of sp³-hybridized carbons (Fsp3) is 0.286. The molecule has 1 unspecified atom stereocenters. The summed E-state index contributed by atoms with van der Waals surface area (Å²) in [4.78, 5) is 2.53. The minimum absolute atomic E-state index is 0.0475. The van der Waals surface area contributed by atoms with Gasteiger partial charge < -0.3 is 5.32 Å². The molecule has 0 aliphatic rings. The van der Waals surface area contributed by atoms with Crippen LogP contribution in [0.4, 0.5) is 4.39 Å². The molecule has 1 atom stereocenters. The standard InChI is InChI=1S/C14H15BrFNS/c1-8-6-9(2)18-14(8)13(17-3)10-4-5-11(15)12(16)7-10/h4-7,13,17H,1-3H3. The lowest BCUT2D eigenvalue weighted by Gasteiger charge is -2.16. The Morgan fingerprint density at radius 3 is 2.50 bits per heavy atom. The summed E-state index contributed by atoms with van der Waals surface area (Å²) in [6.07, 6.45) is 0. The highest BCUT2D eigenvalue weighted by atomic mass is 79.9. The summed E-state index contributed by atoms with van der Waals surface area (Å²) in [6, 6.07) is 7.50. The molecule has 0 spiro atoms. The van der Waals surface area contributed by atoms with E-state index in [1.165, 1.54) is 15.3 Å². The van der Waals surface area contributed by atoms with E-state index in [1.54, 1.807) is 23.5 Å². The quantitative estimate of drug-likeness (QED) is 0.870. The van der Waals surface area contributed by atoms with E-state index in [0.717, 1.165) is 5.56 Å². The van der Waals surface area contributed by atoms with Gasteiger partial charge in [0.2, 0.25) is 0 Å². The molecule has 2 rings (SSSR count). The van der Waals surface area contributed by atoms with Gasteiger partial charge in [-0.15, -0.1) is 11.3 Å². The van der Waals surface area contributed by atoms with Crippen molar-refractivity contribution >= 4 is 27.3 Å². The summed E-state index contributed by atoms with van der Waals surface area (Å²) >= 11 is 4.94. The van der Waals surface area contributed by atoms with Crippen LogP contribution in [0.15, 0.2) is 28.7 Å². The van der Waals surface area contributed by atoms with Gasteiger partial charge >= 0.3 is 0 Å². The van der Waals surface area contributed by atoms with E-state index in [-0.39, 0.29) is 11.9 Å². The van der Waals surface area contributed by atoms with Gasteiger partial charge in [-0.1, -0.05) is 6.07 Å². The average Bonchev–Trinajstić information content (AvgIpc) is 2.64. The number of hydrogen-bond donors (Lipinski definition) is 1. The molecule has 0 saturated heterocycles. The normalized spacial score (nSPS) is 12.7. The van der Waals surface area contributed by atoms with E-state index < -0.39 is 0 Å². The van der Waals surface area contributed by atoms with Crippen molar-refractivity contribution in [3.05, 3.63) is 55.4 Å². The lowest BCUT2D eigenvalue weighted by atomic mass is 10.0. The predicted octanol–water partition coefficient (Wildman–Crippen LogP) is 4.58. The second-order valence-corrected chi connectivity index (χ2v) is 6.44. The molecule has 18 heavy (non-hydrogen) atoms. The van der Waals surface area contributed by atoms with Gasteiger partial charge in [0.1, 0.15) is 5.82 Å². The first-order valence-electron chi connectivity index (χ1n) is 5.72. The van der Waals surface area contributed by atoms with Crippen molar-refractivity contribution in [2.45, 2.75) is 19.9 Å². The molecule has 0 aliphatic carbocycles. The van der Waals surface area contributed by atoms with Crippen molar-refractivity contribution < 1.29 is 4.39 Å². The fourth-order valence-corrected chi connectivity index (χ4v) is 3.51. The van der Waals surface area contributed by atoms with Crippen LogP contribution in [0.1, 0.15) is 26.9 Å². The van der Waals surface area contributed by atoms with Gasteiger partial charge in [-0.2, -0.15) is 0 Å². The van der Waals surface area contributed by atoms with Crippen LogP contribution in [0.2, 0.25) is 0 Å². The first kappa shape index (κ1) is 13.7. The topological polar surface area (TPSA) is 12.0 Å². The highest BCUT2D eigenvalue weighted by Gasteiger charge is 2.17. The van der Waals surface area contributed by atoms with Gasteiger partial charge in [-0.05, 0) is 66.2 Å². The lowest BCUT2D eigenvalue weighted by molar-refractivity contribution is 0.611. The Bertz CT molecular complexity index is 565. The molecule has 0 amide bonds. The highest BCUT2D eigenvalue weighted by Crippen LogP contribution is 2.32. The van der Waals surface area contributed by atoms with Crippen molar-refractivity contribution in [3.8, 4) is 0 Å². The third kappa shape index (κ3) is 2.66. The molecule has 1 aromatic carbocycles. The van der Waals surface area contributed by atoms with Crippen LogP contribution in [0.5, 0.6) is 0 Å². The van der Waals surface area contributed by atoms with E-state index in [0.29, 0.717) is 4.47 Å². The molecule has 1 heterocycles. The second kappa shape index (κ2) is 5.51. The molecule has 1 nitrogen and oxygen atoms in total. The zero-order valence-corrected chi connectivity index (χ0v) is 13.0. The number of hydrogen-bond acceptors (Lipinski definition) is 2. The Morgan fingerprint density at radius 2 is 2.00 bits per heavy atom. The van der Waals surface area contributed by atoms with E-state index in [1.807, 2.05) is 13.1 Å². The number of aryl methyl sites for hydroxylation is 2. The Morgan fingerprint density at radius 1 is 1.28 bits per heavy atom. The SMILES string of the molecule is CNC(c1ccc(Br)c(F)c1)c1sc(C)cc1C. The number of nitrogens with one attached hydrogen (secondary N) is 1. The molecule has 96 valence electrons. The van der Waals surface area contributed by atoms with Crippen LogP contribution in [-0.2, 0) is 0 Å². The molecule has 1 aromatic heterocycles. The number of thiophene rings is 1. The molecule has 0 saturated carbocycles. The van der Waals surface area contributed by atoms with Crippen LogP contribution < -0.4 is 5.32 Å². The van der Waals surface area contributed by atoms with E-state index in [2.05, 4.69) is 41.2 Å².